The van der Waals surface area contributed by atoms with Crippen molar-refractivity contribution in [1.82, 2.24) is 5.32 Å². The van der Waals surface area contributed by atoms with Gasteiger partial charge in [0.05, 0.1) is 6.54 Å². The number of hydrogen-bond donors (Lipinski definition) is 2. The molecule has 0 rings (SSSR count). The number of amides is 1. The van der Waals surface area contributed by atoms with E-state index in [1.807, 2.05) is 0 Å². The number of carbonyl (C=O) groups is 1. The zero-order valence-corrected chi connectivity index (χ0v) is 13.2. The second-order valence-electron chi connectivity index (χ2n) is 4.98. The second kappa shape index (κ2) is 17.2. The van der Waals surface area contributed by atoms with Gasteiger partial charge in [0.1, 0.15) is 6.09 Å². The fourth-order valence-electron chi connectivity index (χ4n) is 1.79. The molecule has 0 fully saturated rings. The van der Waals surface area contributed by atoms with Gasteiger partial charge < -0.3 is 21.0 Å². The molecule has 1 atom stereocenters. The summed E-state index contributed by atoms with van der Waals surface area (Å²) in [4.78, 5) is 9.81. The van der Waals surface area contributed by atoms with E-state index in [1.54, 1.807) is 0 Å². The van der Waals surface area contributed by atoms with Gasteiger partial charge in [0.15, 0.2) is 0 Å². The maximum Gasteiger partial charge on any atom is 0.134 e. The molecular weight excluding hydrogens is 240 g/mol. The fraction of sp³-hybridized carbons (Fsp3) is 0.933. The Morgan fingerprint density at radius 1 is 1.11 bits per heavy atom. The van der Waals surface area contributed by atoms with Crippen LogP contribution in [0.2, 0.25) is 0 Å². The van der Waals surface area contributed by atoms with Crippen molar-refractivity contribution in [2.75, 3.05) is 13.1 Å². The molecule has 0 saturated carbocycles. The third-order valence-corrected chi connectivity index (χ3v) is 3.25. The molecular formula is C15H34N2O2. The van der Waals surface area contributed by atoms with Gasteiger partial charge in [-0.15, -0.1) is 0 Å². The highest BCUT2D eigenvalue weighted by atomic mass is 16.4. The van der Waals surface area contributed by atoms with Gasteiger partial charge in [-0.2, -0.15) is 0 Å². The van der Waals surface area contributed by atoms with Crippen LogP contribution in [0.1, 0.15) is 72.1 Å². The second-order valence-corrected chi connectivity index (χ2v) is 4.98. The molecule has 0 radical (unpaired) electrons. The van der Waals surface area contributed by atoms with E-state index >= 15 is 0 Å². The summed E-state index contributed by atoms with van der Waals surface area (Å²) >= 11 is 0. The Kier molecular flexibility index (Phi) is 18.6. The molecule has 0 aliphatic heterocycles. The van der Waals surface area contributed by atoms with Gasteiger partial charge in [-0.3, -0.25) is 0 Å². The molecule has 0 aromatic carbocycles. The monoisotopic (exact) mass is 274 g/mol. The van der Waals surface area contributed by atoms with Crippen molar-refractivity contribution in [2.45, 2.75) is 72.1 Å². The highest BCUT2D eigenvalue weighted by Crippen LogP contribution is 2.09. The van der Waals surface area contributed by atoms with Crippen molar-refractivity contribution in [3.05, 3.63) is 0 Å². The van der Waals surface area contributed by atoms with Crippen molar-refractivity contribution in [1.29, 1.82) is 0 Å². The van der Waals surface area contributed by atoms with Crippen LogP contribution >= 0.6 is 0 Å². The van der Waals surface area contributed by atoms with Crippen molar-refractivity contribution in [2.24, 2.45) is 5.92 Å². The predicted octanol–water partition coefficient (Wildman–Crippen LogP) is 1.94. The predicted molar refractivity (Wildman–Crippen MR) is 78.6 cm³/mol. The Morgan fingerprint density at radius 3 is 2.16 bits per heavy atom. The van der Waals surface area contributed by atoms with Crippen molar-refractivity contribution < 1.29 is 15.6 Å². The van der Waals surface area contributed by atoms with Crippen LogP contribution in [0, 0.1) is 5.92 Å². The van der Waals surface area contributed by atoms with Gasteiger partial charge in [-0.25, -0.2) is 0 Å². The van der Waals surface area contributed by atoms with Gasteiger partial charge in [0.25, 0.3) is 0 Å². The number of unbranched alkanes of at least 4 members (excludes halogenated alkanes) is 4. The topological polar surface area (TPSA) is 79.8 Å². The van der Waals surface area contributed by atoms with Crippen LogP contribution in [0.5, 0.6) is 0 Å². The van der Waals surface area contributed by atoms with E-state index in [0.29, 0.717) is 6.54 Å². The lowest BCUT2D eigenvalue weighted by molar-refractivity contribution is -0.379. The number of carbonyl (C=O) groups excluding carboxylic acids is 1. The smallest absolute Gasteiger partial charge is 0.134 e. The number of nitrogens with one attached hydrogen (secondary N) is 1. The summed E-state index contributed by atoms with van der Waals surface area (Å²) in [6.07, 6.45) is 8.60. The lowest BCUT2D eigenvalue weighted by atomic mass is 10.00. The average molecular weight is 274 g/mol. The van der Waals surface area contributed by atoms with E-state index in [4.69, 9.17) is 0 Å². The Morgan fingerprint density at radius 2 is 1.74 bits per heavy atom. The summed E-state index contributed by atoms with van der Waals surface area (Å²) in [5.74, 6) is 0.893. The number of rotatable bonds is 10. The van der Waals surface area contributed by atoms with Gasteiger partial charge in [-0.05, 0) is 19.3 Å². The number of hydrogen-bond acceptors (Lipinski definition) is 2. The molecule has 1 amide bonds. The fourth-order valence-corrected chi connectivity index (χ4v) is 1.79. The maximum atomic E-state index is 9.81. The Balaban J connectivity index is 0. The van der Waals surface area contributed by atoms with E-state index in [1.165, 1.54) is 38.5 Å². The minimum absolute atomic E-state index is 0.530. The highest BCUT2D eigenvalue weighted by molar-refractivity contribution is 5.61. The minimum Gasteiger partial charge on any atom is -0.530 e. The van der Waals surface area contributed by atoms with Crippen LogP contribution < -0.4 is 16.2 Å². The first-order chi connectivity index (χ1) is 9.12. The third kappa shape index (κ3) is 19.7. The van der Waals surface area contributed by atoms with E-state index in [-0.39, 0.29) is 0 Å². The lowest BCUT2D eigenvalue weighted by Crippen LogP contribution is -2.53. The first-order valence-corrected chi connectivity index (χ1v) is 7.86. The van der Waals surface area contributed by atoms with E-state index in [9.17, 15) is 9.90 Å². The minimum atomic E-state index is -1.17. The molecule has 0 bridgehead atoms. The molecule has 0 aromatic rings. The molecule has 1 unspecified atom stereocenters. The molecule has 0 aromatic heterocycles. The SMILES string of the molecule is CCCCC(CC)C[NH3+].CCCCCCNC(=O)[O-]. The zero-order valence-electron chi connectivity index (χ0n) is 13.2. The van der Waals surface area contributed by atoms with Crippen molar-refractivity contribution in [3.8, 4) is 0 Å². The molecule has 0 saturated heterocycles. The summed E-state index contributed by atoms with van der Waals surface area (Å²) < 4.78 is 0. The Hall–Kier alpha value is -0.770. The third-order valence-electron chi connectivity index (χ3n) is 3.25. The van der Waals surface area contributed by atoms with Crippen molar-refractivity contribution >= 4 is 6.09 Å². The molecule has 0 aliphatic rings. The van der Waals surface area contributed by atoms with Crippen LogP contribution in [0.15, 0.2) is 0 Å². The van der Waals surface area contributed by atoms with Gasteiger partial charge in [0.2, 0.25) is 0 Å². The molecule has 0 aliphatic carbocycles. The molecule has 4 heteroatoms. The van der Waals surface area contributed by atoms with Gasteiger partial charge in [0, 0.05) is 12.5 Å². The quantitative estimate of drug-likeness (QED) is 0.597. The Labute approximate surface area is 119 Å². The summed E-state index contributed by atoms with van der Waals surface area (Å²) in [5.41, 5.74) is 3.91. The summed E-state index contributed by atoms with van der Waals surface area (Å²) in [7, 11) is 0. The standard InChI is InChI=1S/C8H19N.C7H15NO2/c1-3-5-6-8(4-2)7-9;1-2-3-4-5-6-8-7(9)10/h8H,3-7,9H2,1-2H3;8H,2-6H2,1H3,(H,9,10). The lowest BCUT2D eigenvalue weighted by Gasteiger charge is -2.07. The van der Waals surface area contributed by atoms with Crippen LogP contribution in [-0.2, 0) is 0 Å². The number of quaternary nitrogens is 1. The maximum absolute atomic E-state index is 9.81. The first kappa shape index (κ1) is 20.5. The Bertz CT molecular complexity index is 183. The molecule has 19 heavy (non-hydrogen) atoms. The zero-order chi connectivity index (χ0) is 14.9. The molecule has 0 heterocycles. The van der Waals surface area contributed by atoms with Crippen molar-refractivity contribution in [3.63, 3.8) is 0 Å². The van der Waals surface area contributed by atoms with E-state index < -0.39 is 6.09 Å². The van der Waals surface area contributed by atoms with Crippen LogP contribution in [0.3, 0.4) is 0 Å². The largest absolute Gasteiger partial charge is 0.530 e. The molecule has 4 nitrogen and oxygen atoms in total. The summed E-state index contributed by atoms with van der Waals surface area (Å²) in [5, 5.41) is 12.0. The molecule has 0 spiro atoms. The van der Waals surface area contributed by atoms with Crippen LogP contribution in [-0.4, -0.2) is 19.2 Å². The van der Waals surface area contributed by atoms with Gasteiger partial charge in [-0.1, -0.05) is 52.9 Å². The molecule has 4 N–H and O–H groups in total. The van der Waals surface area contributed by atoms with Crippen LogP contribution in [0.25, 0.3) is 0 Å². The molecule has 116 valence electrons. The van der Waals surface area contributed by atoms with E-state index in [0.717, 1.165) is 25.3 Å². The highest BCUT2D eigenvalue weighted by Gasteiger charge is 2.03. The number of carboxylic acid groups (broad SMARTS) is 1. The van der Waals surface area contributed by atoms with E-state index in [2.05, 4.69) is 31.8 Å². The van der Waals surface area contributed by atoms with Gasteiger partial charge >= 0.3 is 0 Å². The summed E-state index contributed by atoms with van der Waals surface area (Å²) in [6, 6.07) is 0. The summed E-state index contributed by atoms with van der Waals surface area (Å²) in [6.45, 7) is 8.27. The average Bonchev–Trinajstić information content (AvgIpc) is 2.40. The normalized spacial score (nSPS) is 11.4. The van der Waals surface area contributed by atoms with Crippen LogP contribution in [0.4, 0.5) is 4.79 Å². The first-order valence-electron chi connectivity index (χ1n) is 7.86.